The highest BCUT2D eigenvalue weighted by Crippen LogP contribution is 2.37. The summed E-state index contributed by atoms with van der Waals surface area (Å²) < 4.78 is 4.59. The molecule has 2 unspecified atom stereocenters. The molecule has 1 saturated carbocycles. The molecule has 1 aliphatic rings. The molecule has 0 radical (unpaired) electrons. The highest BCUT2D eigenvalue weighted by Gasteiger charge is 2.36. The monoisotopic (exact) mass is 278 g/mol. The van der Waals surface area contributed by atoms with Crippen LogP contribution in [0.1, 0.15) is 36.5 Å². The average molecular weight is 278 g/mol. The third-order valence-electron chi connectivity index (χ3n) is 3.53. The van der Waals surface area contributed by atoms with E-state index in [-0.39, 0.29) is 11.3 Å². The standard InChI is InChI=1S/C14H18N2O4/c1-3-4-9-7-12(9)15-10-5-6-13(16(18)19)11(8-10)14(17)20-2/h5-6,8-9,12,15H,3-4,7H2,1-2H3. The van der Waals surface area contributed by atoms with Gasteiger partial charge in [-0.05, 0) is 30.9 Å². The SMILES string of the molecule is CCCC1CC1Nc1ccc([N+](=O)[O-])c(C(=O)OC)c1. The molecule has 0 heterocycles. The van der Waals surface area contributed by atoms with E-state index in [1.54, 1.807) is 6.07 Å². The van der Waals surface area contributed by atoms with Gasteiger partial charge in [0, 0.05) is 17.8 Å². The quantitative estimate of drug-likeness (QED) is 0.491. The summed E-state index contributed by atoms with van der Waals surface area (Å²) in [5.41, 5.74) is 0.470. The predicted octanol–water partition coefficient (Wildman–Crippen LogP) is 2.98. The summed E-state index contributed by atoms with van der Waals surface area (Å²) in [5, 5.41) is 14.2. The van der Waals surface area contributed by atoms with E-state index < -0.39 is 10.9 Å². The molecule has 6 heteroatoms. The van der Waals surface area contributed by atoms with Crippen molar-refractivity contribution in [1.29, 1.82) is 0 Å². The lowest BCUT2D eigenvalue weighted by Crippen LogP contribution is -2.09. The Bertz CT molecular complexity index is 530. The summed E-state index contributed by atoms with van der Waals surface area (Å²) in [6, 6.07) is 4.87. The zero-order valence-electron chi connectivity index (χ0n) is 11.6. The topological polar surface area (TPSA) is 81.5 Å². The van der Waals surface area contributed by atoms with Crippen LogP contribution in [0.15, 0.2) is 18.2 Å². The molecule has 2 atom stereocenters. The van der Waals surface area contributed by atoms with Crippen molar-refractivity contribution in [2.75, 3.05) is 12.4 Å². The van der Waals surface area contributed by atoms with Crippen LogP contribution in [0.4, 0.5) is 11.4 Å². The molecule has 20 heavy (non-hydrogen) atoms. The molecule has 0 aromatic heterocycles. The molecular formula is C14H18N2O4. The van der Waals surface area contributed by atoms with Gasteiger partial charge in [0.05, 0.1) is 12.0 Å². The molecule has 1 aliphatic carbocycles. The molecule has 0 saturated heterocycles. The number of nitrogens with one attached hydrogen (secondary N) is 1. The maximum absolute atomic E-state index is 11.6. The molecule has 0 aliphatic heterocycles. The fourth-order valence-corrected chi connectivity index (χ4v) is 2.39. The van der Waals surface area contributed by atoms with E-state index in [9.17, 15) is 14.9 Å². The number of benzene rings is 1. The normalized spacial score (nSPS) is 20.3. The number of anilines is 1. The van der Waals surface area contributed by atoms with Crippen molar-refractivity contribution in [1.82, 2.24) is 0 Å². The Labute approximate surface area is 117 Å². The summed E-state index contributed by atoms with van der Waals surface area (Å²) in [6.07, 6.45) is 3.43. The first-order valence-corrected chi connectivity index (χ1v) is 6.70. The number of carbonyl (C=O) groups is 1. The van der Waals surface area contributed by atoms with Crippen molar-refractivity contribution in [2.24, 2.45) is 5.92 Å². The maximum atomic E-state index is 11.6. The van der Waals surface area contributed by atoms with Gasteiger partial charge >= 0.3 is 5.97 Å². The van der Waals surface area contributed by atoms with Crippen LogP contribution in [0.2, 0.25) is 0 Å². The molecule has 6 nitrogen and oxygen atoms in total. The Hall–Kier alpha value is -2.11. The third-order valence-corrected chi connectivity index (χ3v) is 3.53. The van der Waals surface area contributed by atoms with Crippen LogP contribution < -0.4 is 5.32 Å². The van der Waals surface area contributed by atoms with Crippen LogP contribution in [0.25, 0.3) is 0 Å². The fourth-order valence-electron chi connectivity index (χ4n) is 2.39. The summed E-state index contributed by atoms with van der Waals surface area (Å²) in [4.78, 5) is 21.9. The lowest BCUT2D eigenvalue weighted by Gasteiger charge is -2.08. The Balaban J connectivity index is 2.15. The van der Waals surface area contributed by atoms with Crippen LogP contribution in [-0.2, 0) is 4.74 Å². The Kier molecular flexibility index (Phi) is 4.22. The first kappa shape index (κ1) is 14.3. The number of esters is 1. The first-order valence-electron chi connectivity index (χ1n) is 6.70. The van der Waals surface area contributed by atoms with Crippen LogP contribution in [-0.4, -0.2) is 24.0 Å². The second kappa shape index (κ2) is 5.90. The smallest absolute Gasteiger partial charge is 0.344 e. The highest BCUT2D eigenvalue weighted by atomic mass is 16.6. The van der Waals surface area contributed by atoms with E-state index in [1.807, 2.05) is 0 Å². The van der Waals surface area contributed by atoms with E-state index in [1.165, 1.54) is 25.7 Å². The van der Waals surface area contributed by atoms with Crippen LogP contribution in [0.5, 0.6) is 0 Å². The van der Waals surface area contributed by atoms with Crippen molar-refractivity contribution in [2.45, 2.75) is 32.2 Å². The van der Waals surface area contributed by atoms with E-state index in [0.29, 0.717) is 12.0 Å². The minimum absolute atomic E-state index is 0.0183. The number of methoxy groups -OCH3 is 1. The largest absolute Gasteiger partial charge is 0.465 e. The molecule has 0 amide bonds. The Morgan fingerprint density at radius 1 is 1.55 bits per heavy atom. The van der Waals surface area contributed by atoms with Crippen LogP contribution in [0.3, 0.4) is 0 Å². The number of hydrogen-bond donors (Lipinski definition) is 1. The van der Waals surface area contributed by atoms with Gasteiger partial charge in [0.15, 0.2) is 0 Å². The fraction of sp³-hybridized carbons (Fsp3) is 0.500. The van der Waals surface area contributed by atoms with E-state index >= 15 is 0 Å². The summed E-state index contributed by atoms with van der Waals surface area (Å²) in [7, 11) is 1.21. The van der Waals surface area contributed by atoms with Gasteiger partial charge in [-0.25, -0.2) is 4.79 Å². The molecule has 2 rings (SSSR count). The second-order valence-electron chi connectivity index (χ2n) is 5.02. The van der Waals surface area contributed by atoms with Gasteiger partial charge < -0.3 is 10.1 Å². The van der Waals surface area contributed by atoms with Crippen molar-refractivity contribution in [3.63, 3.8) is 0 Å². The van der Waals surface area contributed by atoms with Gasteiger partial charge in [-0.15, -0.1) is 0 Å². The molecule has 1 aromatic carbocycles. The van der Waals surface area contributed by atoms with Crippen molar-refractivity contribution < 1.29 is 14.5 Å². The lowest BCUT2D eigenvalue weighted by molar-refractivity contribution is -0.385. The van der Waals surface area contributed by atoms with Crippen LogP contribution >= 0.6 is 0 Å². The Morgan fingerprint density at radius 3 is 2.90 bits per heavy atom. The lowest BCUT2D eigenvalue weighted by atomic mass is 10.1. The van der Waals surface area contributed by atoms with Crippen molar-refractivity contribution in [3.05, 3.63) is 33.9 Å². The van der Waals surface area contributed by atoms with Gasteiger partial charge in [-0.2, -0.15) is 0 Å². The summed E-state index contributed by atoms with van der Waals surface area (Å²) >= 11 is 0. The molecule has 1 fully saturated rings. The van der Waals surface area contributed by atoms with E-state index in [4.69, 9.17) is 0 Å². The zero-order chi connectivity index (χ0) is 14.7. The van der Waals surface area contributed by atoms with Gasteiger partial charge in [0.25, 0.3) is 5.69 Å². The van der Waals surface area contributed by atoms with Gasteiger partial charge in [0.2, 0.25) is 0 Å². The zero-order valence-corrected chi connectivity index (χ0v) is 11.6. The van der Waals surface area contributed by atoms with Gasteiger partial charge in [-0.1, -0.05) is 13.3 Å². The third kappa shape index (κ3) is 3.07. The summed E-state index contributed by atoms with van der Waals surface area (Å²) in [6.45, 7) is 2.15. The minimum atomic E-state index is -0.693. The first-order chi connectivity index (χ1) is 9.56. The van der Waals surface area contributed by atoms with Crippen molar-refractivity contribution in [3.8, 4) is 0 Å². The summed E-state index contributed by atoms with van der Waals surface area (Å²) in [5.74, 6) is -0.0296. The maximum Gasteiger partial charge on any atom is 0.344 e. The Morgan fingerprint density at radius 2 is 2.30 bits per heavy atom. The predicted molar refractivity (Wildman–Crippen MR) is 74.9 cm³/mol. The van der Waals surface area contributed by atoms with Crippen molar-refractivity contribution >= 4 is 17.3 Å². The number of nitro benzene ring substituents is 1. The number of hydrogen-bond acceptors (Lipinski definition) is 5. The van der Waals surface area contributed by atoms with Gasteiger partial charge in [0.1, 0.15) is 5.56 Å². The molecule has 0 bridgehead atoms. The number of ether oxygens (including phenoxy) is 1. The minimum Gasteiger partial charge on any atom is -0.465 e. The van der Waals surface area contributed by atoms with E-state index in [2.05, 4.69) is 17.0 Å². The van der Waals surface area contributed by atoms with Crippen LogP contribution in [0, 0.1) is 16.0 Å². The second-order valence-corrected chi connectivity index (χ2v) is 5.02. The molecule has 108 valence electrons. The number of rotatable bonds is 6. The number of carbonyl (C=O) groups excluding carboxylic acids is 1. The number of nitro groups is 1. The van der Waals surface area contributed by atoms with Gasteiger partial charge in [-0.3, -0.25) is 10.1 Å². The van der Waals surface area contributed by atoms with E-state index in [0.717, 1.165) is 18.5 Å². The highest BCUT2D eigenvalue weighted by molar-refractivity contribution is 5.95. The average Bonchev–Trinajstić information content (AvgIpc) is 3.15. The number of nitrogens with zero attached hydrogens (tertiary/aromatic N) is 1. The molecule has 0 spiro atoms. The molecule has 1 aromatic rings. The molecular weight excluding hydrogens is 260 g/mol. The molecule has 1 N–H and O–H groups in total.